The lowest BCUT2D eigenvalue weighted by molar-refractivity contribution is -0.0426. The Kier molecular flexibility index (Phi) is 4.29. The van der Waals surface area contributed by atoms with Gasteiger partial charge in [0, 0.05) is 12.0 Å². The van der Waals surface area contributed by atoms with Crippen LogP contribution in [0.4, 0.5) is 0 Å². The fraction of sp³-hybridized carbons (Fsp3) is 0.625. The van der Waals surface area contributed by atoms with Crippen molar-refractivity contribution >= 4 is 0 Å². The van der Waals surface area contributed by atoms with Crippen LogP contribution in [-0.2, 0) is 11.2 Å². The van der Waals surface area contributed by atoms with Gasteiger partial charge in [0.1, 0.15) is 0 Å². The van der Waals surface area contributed by atoms with Gasteiger partial charge < -0.3 is 14.7 Å². The van der Waals surface area contributed by atoms with Crippen molar-refractivity contribution in [2.45, 2.75) is 44.4 Å². The van der Waals surface area contributed by atoms with E-state index in [2.05, 4.69) is 36.9 Å². The van der Waals surface area contributed by atoms with E-state index in [9.17, 15) is 5.11 Å². The molecule has 0 saturated heterocycles. The number of likely N-dealkylation sites (N-methyl/N-ethyl adjacent to an activating group) is 1. The van der Waals surface area contributed by atoms with E-state index in [1.165, 1.54) is 11.1 Å². The van der Waals surface area contributed by atoms with Gasteiger partial charge in [0.15, 0.2) is 0 Å². The normalized spacial score (nSPS) is 21.3. The number of aliphatic hydroxyl groups excluding tert-OH is 1. The highest BCUT2D eigenvalue weighted by Gasteiger charge is 2.33. The molecule has 0 bridgehead atoms. The molecule has 1 aromatic carbocycles. The van der Waals surface area contributed by atoms with Gasteiger partial charge in [-0.05, 0) is 45.5 Å². The molecule has 19 heavy (non-hydrogen) atoms. The molecule has 3 heteroatoms. The van der Waals surface area contributed by atoms with Crippen LogP contribution in [0, 0.1) is 0 Å². The van der Waals surface area contributed by atoms with Crippen LogP contribution in [0.15, 0.2) is 24.3 Å². The van der Waals surface area contributed by atoms with Crippen LogP contribution in [-0.4, -0.2) is 42.4 Å². The molecule has 1 heterocycles. The third-order valence-corrected chi connectivity index (χ3v) is 4.50. The molecule has 0 spiro atoms. The smallest absolute Gasteiger partial charge is 0.0853 e. The monoisotopic (exact) mass is 263 g/mol. The average Bonchev–Trinajstić information content (AvgIpc) is 2.39. The number of ether oxygens (including phenoxy) is 1. The van der Waals surface area contributed by atoms with Gasteiger partial charge in [-0.15, -0.1) is 0 Å². The zero-order valence-corrected chi connectivity index (χ0v) is 12.4. The van der Waals surface area contributed by atoms with Crippen LogP contribution in [0.3, 0.4) is 0 Å². The minimum absolute atomic E-state index is 0.0131. The summed E-state index contributed by atoms with van der Waals surface area (Å²) in [4.78, 5) is 2.06. The highest BCUT2D eigenvalue weighted by molar-refractivity contribution is 5.31. The van der Waals surface area contributed by atoms with E-state index in [1.54, 1.807) is 0 Å². The summed E-state index contributed by atoms with van der Waals surface area (Å²) < 4.78 is 5.87. The van der Waals surface area contributed by atoms with Gasteiger partial charge in [0.25, 0.3) is 0 Å². The Hall–Kier alpha value is -0.900. The van der Waals surface area contributed by atoms with Crippen molar-refractivity contribution < 1.29 is 9.84 Å². The van der Waals surface area contributed by atoms with Crippen molar-refractivity contribution in [3.63, 3.8) is 0 Å². The number of hydrogen-bond acceptors (Lipinski definition) is 3. The molecule has 0 aliphatic carbocycles. The van der Waals surface area contributed by atoms with Crippen molar-refractivity contribution in [3.05, 3.63) is 35.4 Å². The van der Waals surface area contributed by atoms with Crippen LogP contribution in [0.2, 0.25) is 0 Å². The van der Waals surface area contributed by atoms with Crippen LogP contribution in [0.25, 0.3) is 0 Å². The lowest BCUT2D eigenvalue weighted by Crippen LogP contribution is -2.49. The lowest BCUT2D eigenvalue weighted by atomic mass is 9.87. The number of benzene rings is 1. The van der Waals surface area contributed by atoms with E-state index in [1.807, 2.05) is 20.2 Å². The summed E-state index contributed by atoms with van der Waals surface area (Å²) in [7, 11) is 4.00. The van der Waals surface area contributed by atoms with Gasteiger partial charge in [-0.1, -0.05) is 24.3 Å². The first kappa shape index (κ1) is 14.5. The zero-order chi connectivity index (χ0) is 14.0. The molecule has 2 atom stereocenters. The fourth-order valence-electron chi connectivity index (χ4n) is 2.46. The second-order valence-electron chi connectivity index (χ2n) is 6.11. The third kappa shape index (κ3) is 2.99. The van der Waals surface area contributed by atoms with Crippen LogP contribution < -0.4 is 0 Å². The van der Waals surface area contributed by atoms with E-state index in [-0.39, 0.29) is 11.6 Å². The van der Waals surface area contributed by atoms with E-state index in [0.29, 0.717) is 6.42 Å². The Morgan fingerprint density at radius 1 is 1.37 bits per heavy atom. The first-order valence-electron chi connectivity index (χ1n) is 6.98. The van der Waals surface area contributed by atoms with E-state index in [4.69, 9.17) is 4.74 Å². The van der Waals surface area contributed by atoms with Gasteiger partial charge >= 0.3 is 0 Å². The molecule has 0 amide bonds. The van der Waals surface area contributed by atoms with E-state index >= 15 is 0 Å². The Bertz CT molecular complexity index is 429. The summed E-state index contributed by atoms with van der Waals surface area (Å²) in [6.07, 6.45) is 1.21. The molecule has 2 rings (SSSR count). The molecular formula is C16H25NO2. The van der Waals surface area contributed by atoms with Crippen molar-refractivity contribution in [2.75, 3.05) is 20.7 Å². The third-order valence-electron chi connectivity index (χ3n) is 4.50. The minimum Gasteiger partial charge on any atom is -0.391 e. The molecule has 3 nitrogen and oxygen atoms in total. The summed E-state index contributed by atoms with van der Waals surface area (Å²) >= 11 is 0. The molecule has 2 unspecified atom stereocenters. The van der Waals surface area contributed by atoms with Crippen molar-refractivity contribution in [3.8, 4) is 0 Å². The molecule has 0 fully saturated rings. The van der Waals surface area contributed by atoms with Gasteiger partial charge in [-0.2, -0.15) is 0 Å². The molecular weight excluding hydrogens is 238 g/mol. The van der Waals surface area contributed by atoms with Crippen LogP contribution in [0.5, 0.6) is 0 Å². The van der Waals surface area contributed by atoms with Gasteiger partial charge in [0.05, 0.1) is 18.8 Å². The van der Waals surface area contributed by atoms with Crippen molar-refractivity contribution in [2.24, 2.45) is 0 Å². The van der Waals surface area contributed by atoms with E-state index < -0.39 is 6.10 Å². The molecule has 106 valence electrons. The number of rotatable bonds is 4. The second-order valence-corrected chi connectivity index (χ2v) is 6.11. The van der Waals surface area contributed by atoms with Gasteiger partial charge in [-0.25, -0.2) is 0 Å². The predicted octanol–water partition coefficient (Wildman–Crippen LogP) is 2.39. The number of fused-ring (bicyclic) bond motifs is 1. The Balaban J connectivity index is 2.13. The maximum Gasteiger partial charge on any atom is 0.0853 e. The first-order chi connectivity index (χ1) is 8.93. The molecule has 0 saturated carbocycles. The Morgan fingerprint density at radius 3 is 2.74 bits per heavy atom. The number of hydrogen-bond donors (Lipinski definition) is 1. The SMILES string of the molecule is CN(C)C(C)(C)C(O)CC1OCCc2ccccc21. The Morgan fingerprint density at radius 2 is 2.05 bits per heavy atom. The molecule has 0 aromatic heterocycles. The molecule has 1 aliphatic heterocycles. The number of nitrogens with zero attached hydrogens (tertiary/aromatic N) is 1. The van der Waals surface area contributed by atoms with Gasteiger partial charge in [0.2, 0.25) is 0 Å². The topological polar surface area (TPSA) is 32.7 Å². The minimum atomic E-state index is -0.418. The Labute approximate surface area is 116 Å². The zero-order valence-electron chi connectivity index (χ0n) is 12.4. The highest BCUT2D eigenvalue weighted by atomic mass is 16.5. The van der Waals surface area contributed by atoms with Crippen LogP contribution >= 0.6 is 0 Å². The highest BCUT2D eigenvalue weighted by Crippen LogP contribution is 2.33. The summed E-state index contributed by atoms with van der Waals surface area (Å²) in [6.45, 7) is 4.87. The molecule has 1 aliphatic rings. The maximum atomic E-state index is 10.5. The first-order valence-corrected chi connectivity index (χ1v) is 6.98. The fourth-order valence-corrected chi connectivity index (χ4v) is 2.46. The summed E-state index contributed by atoms with van der Waals surface area (Å²) in [5, 5.41) is 10.5. The maximum absolute atomic E-state index is 10.5. The van der Waals surface area contributed by atoms with Crippen molar-refractivity contribution in [1.29, 1.82) is 0 Å². The largest absolute Gasteiger partial charge is 0.391 e. The summed E-state index contributed by atoms with van der Waals surface area (Å²) in [5.41, 5.74) is 2.34. The quantitative estimate of drug-likeness (QED) is 0.905. The summed E-state index contributed by atoms with van der Waals surface area (Å²) in [5.74, 6) is 0. The lowest BCUT2D eigenvalue weighted by Gasteiger charge is -2.39. The van der Waals surface area contributed by atoms with E-state index in [0.717, 1.165) is 13.0 Å². The van der Waals surface area contributed by atoms with Crippen LogP contribution in [0.1, 0.15) is 37.5 Å². The predicted molar refractivity (Wildman–Crippen MR) is 77.2 cm³/mol. The number of aliphatic hydroxyl groups is 1. The van der Waals surface area contributed by atoms with Gasteiger partial charge in [-0.3, -0.25) is 0 Å². The second kappa shape index (κ2) is 5.61. The summed E-state index contributed by atoms with van der Waals surface area (Å²) in [6, 6.07) is 8.40. The molecule has 1 aromatic rings. The van der Waals surface area contributed by atoms with Crippen molar-refractivity contribution in [1.82, 2.24) is 4.90 Å². The standard InChI is InChI=1S/C16H25NO2/c1-16(2,17(3)4)15(18)11-14-13-8-6-5-7-12(13)9-10-19-14/h5-8,14-15,18H,9-11H2,1-4H3. The average molecular weight is 263 g/mol. The molecule has 1 N–H and O–H groups in total. The molecule has 0 radical (unpaired) electrons.